The van der Waals surface area contributed by atoms with Crippen molar-refractivity contribution in [2.45, 2.75) is 251 Å². The van der Waals surface area contributed by atoms with Crippen LogP contribution in [-0.4, -0.2) is 185 Å². The molecule has 0 aromatic carbocycles. The molecule has 0 saturated carbocycles. The number of Topliss-reactive ketones (excluding diaryl/α,β-unsaturated/α-hetero) is 4. The first-order chi connectivity index (χ1) is 44.9. The summed E-state index contributed by atoms with van der Waals surface area (Å²) in [5, 5.41) is 48.3. The van der Waals surface area contributed by atoms with E-state index in [4.69, 9.17) is 29.8 Å². The number of aromatic amines is 1. The van der Waals surface area contributed by atoms with Gasteiger partial charge in [-0.15, -0.1) is 0 Å². The first kappa shape index (κ1) is 85.5. The number of nitrogens with one attached hydrogen (secondary N) is 5. The number of imidazole rings is 1. The van der Waals surface area contributed by atoms with Crippen LogP contribution >= 0.6 is 0 Å². The summed E-state index contributed by atoms with van der Waals surface area (Å²) in [6.07, 6.45) is 21.4. The van der Waals surface area contributed by atoms with E-state index in [-0.39, 0.29) is 178 Å². The molecule has 1 heterocycles. The molecule has 27 nitrogen and oxygen atoms in total. The van der Waals surface area contributed by atoms with E-state index in [2.05, 4.69) is 31.2 Å². The van der Waals surface area contributed by atoms with E-state index in [1.807, 2.05) is 0 Å². The highest BCUT2D eigenvalue weighted by Crippen LogP contribution is 2.28. The Labute approximate surface area is 554 Å². The van der Waals surface area contributed by atoms with Crippen molar-refractivity contribution in [2.24, 2.45) is 23.0 Å². The van der Waals surface area contributed by atoms with Crippen LogP contribution in [0.2, 0.25) is 0 Å². The molecular formula is C67H113N7O20. The highest BCUT2D eigenvalue weighted by atomic mass is 16.5. The second-order valence-electron chi connectivity index (χ2n) is 25.0. The number of amides is 5. The molecule has 0 aliphatic rings. The maximum atomic E-state index is 13.3. The lowest BCUT2D eigenvalue weighted by Crippen LogP contribution is -2.52. The maximum Gasteiger partial charge on any atom is 0.326 e. The zero-order valence-electron chi connectivity index (χ0n) is 56.3. The normalized spacial score (nSPS) is 13.0. The molecule has 1 aromatic rings. The summed E-state index contributed by atoms with van der Waals surface area (Å²) in [4.78, 5) is 155. The number of H-pyrrole nitrogens is 1. The molecule has 11 N–H and O–H groups in total. The number of aliphatic hydroxyl groups is 1. The number of ketones is 4. The molecule has 0 spiro atoms. The molecule has 94 heavy (non-hydrogen) atoms. The maximum absolute atomic E-state index is 13.3. The number of hydrogen-bond acceptors (Lipinski definition) is 18. The summed E-state index contributed by atoms with van der Waals surface area (Å²) in [5.41, 5.74) is 5.23. The molecule has 0 radical (unpaired) electrons. The van der Waals surface area contributed by atoms with Crippen LogP contribution in [0.4, 0.5) is 0 Å². The molecule has 27 heteroatoms. The highest BCUT2D eigenvalue weighted by molar-refractivity contribution is 5.92. The number of carboxylic acids is 3. The predicted molar refractivity (Wildman–Crippen MR) is 348 cm³/mol. The quantitative estimate of drug-likeness (QED) is 0.0317. The number of nitrogens with zero attached hydrogens (tertiary/aromatic N) is 1. The number of aliphatic carboxylic acids is 3. The molecular weight excluding hydrogens is 1220 g/mol. The number of carbonyl (C=O) groups excluding carboxylic acids is 9. The van der Waals surface area contributed by atoms with Gasteiger partial charge in [0.15, 0.2) is 0 Å². The van der Waals surface area contributed by atoms with Gasteiger partial charge in [-0.1, -0.05) is 110 Å². The van der Waals surface area contributed by atoms with Crippen molar-refractivity contribution in [3.05, 3.63) is 18.2 Å². The third-order valence-corrected chi connectivity index (χ3v) is 16.1. The molecule has 0 bridgehead atoms. The fraction of sp³-hybridized carbons (Fsp3) is 0.776. The largest absolute Gasteiger partial charge is 0.481 e. The number of carbonyl (C=O) groups is 12. The molecule has 0 fully saturated rings. The molecule has 0 aliphatic carbocycles. The Balaban J connectivity index is 2.15. The monoisotopic (exact) mass is 1340 g/mol. The molecule has 1 aromatic heterocycles. The van der Waals surface area contributed by atoms with Gasteiger partial charge in [-0.05, 0) is 64.7 Å². The van der Waals surface area contributed by atoms with Gasteiger partial charge in [0.1, 0.15) is 48.4 Å². The summed E-state index contributed by atoms with van der Waals surface area (Å²) < 4.78 is 21.6. The molecule has 0 saturated heterocycles. The van der Waals surface area contributed by atoms with Gasteiger partial charge < -0.3 is 71.4 Å². The molecule has 5 amide bonds. The fourth-order valence-corrected chi connectivity index (χ4v) is 10.4. The molecule has 1 rings (SSSR count). The average molecular weight is 1340 g/mol. The van der Waals surface area contributed by atoms with Crippen LogP contribution in [0.1, 0.15) is 232 Å². The number of rotatable bonds is 65. The second kappa shape index (κ2) is 53.7. The summed E-state index contributed by atoms with van der Waals surface area (Å²) >= 11 is 0. The van der Waals surface area contributed by atoms with Crippen LogP contribution in [0.5, 0.6) is 0 Å². The van der Waals surface area contributed by atoms with E-state index < -0.39 is 71.1 Å². The van der Waals surface area contributed by atoms with E-state index in [0.717, 1.165) is 50.6 Å². The van der Waals surface area contributed by atoms with Gasteiger partial charge >= 0.3 is 17.9 Å². The van der Waals surface area contributed by atoms with Gasteiger partial charge in [-0.25, -0.2) is 9.78 Å². The second-order valence-corrected chi connectivity index (χ2v) is 25.0. The Hall–Kier alpha value is -6.55. The summed E-state index contributed by atoms with van der Waals surface area (Å²) in [5.74, 6) is -8.66. The lowest BCUT2D eigenvalue weighted by atomic mass is 9.79. The number of aliphatic hydroxyl groups excluding tert-OH is 1. The molecule has 536 valence electrons. The lowest BCUT2D eigenvalue weighted by molar-refractivity contribution is -0.145. The number of carboxylic acid groups (broad SMARTS) is 3. The van der Waals surface area contributed by atoms with Crippen molar-refractivity contribution in [2.75, 3.05) is 65.9 Å². The Morgan fingerprint density at radius 1 is 0.521 bits per heavy atom. The van der Waals surface area contributed by atoms with Crippen LogP contribution in [0, 0.1) is 17.3 Å². The Morgan fingerprint density at radius 2 is 1.05 bits per heavy atom. The molecule has 0 aliphatic heterocycles. The number of aromatic nitrogens is 2. The third-order valence-electron chi connectivity index (χ3n) is 16.1. The highest BCUT2D eigenvalue weighted by Gasteiger charge is 2.33. The van der Waals surface area contributed by atoms with Crippen molar-refractivity contribution < 1.29 is 96.9 Å². The fourth-order valence-electron chi connectivity index (χ4n) is 10.4. The standard InChI is InChI=1S/C67H113N7O20/c1-49(75)62(63(68)85)74-64(86)50(27-33-57(79)67(2,3)44-55(78)30-29-52-45-69-48-72-52)23-20-21-35-70-59(81)46-94-42-40-92-38-36-71-60(82)47-93-41-39-91-37-22-25-53(76)31-32-56(66(89)90)73-58(80)34-28-51(65(87)88)43-54(77)24-18-16-14-12-10-8-6-4-5-7-9-11-13-15-17-19-26-61(83)84/h45,48-51,56,62,75H,4-44,46-47H2,1-3H3,(H2,68,85)(H,69,72)(H,70,81)(H,71,82)(H,73,80)(H,74,86)(H,83,84)(H,87,88)(H,89,90)/t49-,50-,51-,56+,62+/m1/s1. The number of nitrogens with two attached hydrogens (primary N) is 1. The van der Waals surface area contributed by atoms with Gasteiger partial charge in [0.05, 0.1) is 51.4 Å². The van der Waals surface area contributed by atoms with E-state index in [9.17, 15) is 72.9 Å². The Bertz CT molecular complexity index is 2370. The topological polar surface area (TPSA) is 425 Å². The van der Waals surface area contributed by atoms with E-state index in [0.29, 0.717) is 38.5 Å². The van der Waals surface area contributed by atoms with Crippen molar-refractivity contribution in [3.63, 3.8) is 0 Å². The lowest BCUT2D eigenvalue weighted by Gasteiger charge is -2.25. The van der Waals surface area contributed by atoms with Crippen LogP contribution in [-0.2, 0) is 82.9 Å². The minimum atomic E-state index is -1.35. The van der Waals surface area contributed by atoms with E-state index >= 15 is 0 Å². The first-order valence-corrected chi connectivity index (χ1v) is 34.1. The van der Waals surface area contributed by atoms with Gasteiger partial charge in [-0.2, -0.15) is 0 Å². The smallest absolute Gasteiger partial charge is 0.326 e. The number of hydrogen-bond donors (Lipinski definition) is 10. The molecule has 0 unspecified atom stereocenters. The minimum Gasteiger partial charge on any atom is -0.481 e. The zero-order chi connectivity index (χ0) is 69.8. The van der Waals surface area contributed by atoms with Gasteiger partial charge in [0.2, 0.25) is 29.5 Å². The predicted octanol–water partition coefficient (Wildman–Crippen LogP) is 6.36. The van der Waals surface area contributed by atoms with E-state index in [1.165, 1.54) is 64.6 Å². The van der Waals surface area contributed by atoms with Crippen LogP contribution in [0.3, 0.4) is 0 Å². The Morgan fingerprint density at radius 3 is 1.59 bits per heavy atom. The minimum absolute atomic E-state index is 0.00348. The van der Waals surface area contributed by atoms with Crippen molar-refractivity contribution in [1.82, 2.24) is 31.2 Å². The first-order valence-electron chi connectivity index (χ1n) is 34.1. The summed E-state index contributed by atoms with van der Waals surface area (Å²) in [7, 11) is 0. The van der Waals surface area contributed by atoms with Crippen molar-refractivity contribution >= 4 is 70.6 Å². The summed E-state index contributed by atoms with van der Waals surface area (Å²) in [6, 6.07) is -2.68. The van der Waals surface area contributed by atoms with Gasteiger partial charge in [-0.3, -0.25) is 52.7 Å². The number of ether oxygens (including phenoxy) is 4. The third kappa shape index (κ3) is 46.5. The number of primary amides is 1. The number of aryl methyl sites for hydroxylation is 1. The summed E-state index contributed by atoms with van der Waals surface area (Å²) in [6.45, 7) is 5.59. The average Bonchev–Trinajstić information content (AvgIpc) is 0.988. The van der Waals surface area contributed by atoms with Crippen LogP contribution < -0.4 is 27.0 Å². The van der Waals surface area contributed by atoms with Gasteiger partial charge in [0, 0.05) is 101 Å². The zero-order valence-corrected chi connectivity index (χ0v) is 56.3. The van der Waals surface area contributed by atoms with Gasteiger partial charge in [0.25, 0.3) is 0 Å². The SMILES string of the molecule is C[C@@H](O)[C@H](NC(=O)[C@H](CCCCNC(=O)COCCOCCNC(=O)COCCOCCCC(=O)CC[C@H](NC(=O)CC[C@H](CC(=O)CCCCCCCCCCCCCCCCCCC(=O)O)C(=O)O)C(=O)O)CCC(=O)C(C)(C)CC(=O)CCc1cnc[nH]1)C(N)=O. The van der Waals surface area contributed by atoms with Crippen LogP contribution in [0.15, 0.2) is 12.5 Å². The molecule has 5 atom stereocenters. The number of unbranched alkanes of at least 4 members (excludes halogenated alkanes) is 16. The van der Waals surface area contributed by atoms with Crippen LogP contribution in [0.25, 0.3) is 0 Å². The van der Waals surface area contributed by atoms with Crippen molar-refractivity contribution in [1.29, 1.82) is 0 Å². The Kier molecular flexibility index (Phi) is 48.8. The van der Waals surface area contributed by atoms with E-state index in [1.54, 1.807) is 20.0 Å². The van der Waals surface area contributed by atoms with Crippen molar-refractivity contribution in [3.8, 4) is 0 Å².